The normalized spacial score (nSPS) is 10.0. The summed E-state index contributed by atoms with van der Waals surface area (Å²) in [5, 5.41) is 11.2. The Morgan fingerprint density at radius 2 is 1.94 bits per heavy atom. The molecule has 2 N–H and O–H groups in total. The number of anilines is 1. The summed E-state index contributed by atoms with van der Waals surface area (Å²) < 4.78 is 0. The minimum absolute atomic E-state index is 0.0552. The average Bonchev–Trinajstić information content (AvgIpc) is 2.23. The third kappa shape index (κ3) is 4.91. The van der Waals surface area contributed by atoms with Gasteiger partial charge in [0.15, 0.2) is 0 Å². The van der Waals surface area contributed by atoms with Crippen molar-refractivity contribution < 1.29 is 14.7 Å². The molecule has 0 aliphatic heterocycles. The molecule has 0 saturated heterocycles. The Morgan fingerprint density at radius 1 is 1.24 bits per heavy atom. The zero-order valence-corrected chi connectivity index (χ0v) is 10.6. The fraction of sp³-hybridized carbons (Fsp3) is 0.333. The summed E-state index contributed by atoms with van der Waals surface area (Å²) in [6, 6.07) is 5.67. The van der Waals surface area contributed by atoms with E-state index >= 15 is 0 Å². The first-order chi connectivity index (χ1) is 7.99. The van der Waals surface area contributed by atoms with Crippen molar-refractivity contribution in [1.82, 2.24) is 0 Å². The Bertz CT molecular complexity index is 432. The largest absolute Gasteiger partial charge is 0.481 e. The van der Waals surface area contributed by atoms with Gasteiger partial charge in [0, 0.05) is 5.69 Å². The Kier molecular flexibility index (Phi) is 5.03. The Hall–Kier alpha value is -1.49. The molecule has 0 spiro atoms. The van der Waals surface area contributed by atoms with E-state index in [1.54, 1.807) is 0 Å². The topological polar surface area (TPSA) is 66.4 Å². The van der Waals surface area contributed by atoms with Crippen LogP contribution in [-0.2, 0) is 9.59 Å². The number of amides is 1. The molecule has 0 aliphatic carbocycles. The van der Waals surface area contributed by atoms with Gasteiger partial charge < -0.3 is 10.4 Å². The average molecular weight is 253 g/mol. The lowest BCUT2D eigenvalue weighted by atomic mass is 10.1. The van der Waals surface area contributed by atoms with E-state index in [0.717, 1.165) is 23.0 Å². The number of nitrogens with one attached hydrogen (secondary N) is 1. The van der Waals surface area contributed by atoms with Crippen LogP contribution in [0.1, 0.15) is 11.1 Å². The molecule has 0 radical (unpaired) electrons. The summed E-state index contributed by atoms with van der Waals surface area (Å²) in [5.41, 5.74) is 3.03. The second-order valence-corrected chi connectivity index (χ2v) is 4.72. The SMILES string of the molecule is Cc1ccc(NC(=O)CSCC(=O)O)cc1C. The Balaban J connectivity index is 2.45. The molecule has 17 heavy (non-hydrogen) atoms. The number of aryl methyl sites for hydroxylation is 2. The summed E-state index contributed by atoms with van der Waals surface area (Å²) in [4.78, 5) is 21.7. The lowest BCUT2D eigenvalue weighted by molar-refractivity contribution is -0.133. The van der Waals surface area contributed by atoms with Crippen LogP contribution in [0.3, 0.4) is 0 Å². The molecule has 1 aromatic rings. The van der Waals surface area contributed by atoms with Gasteiger partial charge in [0.05, 0.1) is 11.5 Å². The highest BCUT2D eigenvalue weighted by atomic mass is 32.2. The van der Waals surface area contributed by atoms with Crippen LogP contribution in [0.15, 0.2) is 18.2 Å². The van der Waals surface area contributed by atoms with Gasteiger partial charge >= 0.3 is 5.97 Å². The highest BCUT2D eigenvalue weighted by molar-refractivity contribution is 8.00. The number of hydrogen-bond acceptors (Lipinski definition) is 3. The predicted octanol–water partition coefficient (Wildman–Crippen LogP) is 2.06. The molecule has 0 unspecified atom stereocenters. The zero-order chi connectivity index (χ0) is 12.8. The molecule has 0 fully saturated rings. The Labute approximate surface area is 104 Å². The molecule has 0 bridgehead atoms. The minimum atomic E-state index is -0.908. The molecule has 92 valence electrons. The van der Waals surface area contributed by atoms with E-state index in [-0.39, 0.29) is 17.4 Å². The maximum atomic E-state index is 11.5. The van der Waals surface area contributed by atoms with Crippen LogP contribution in [0, 0.1) is 13.8 Å². The lowest BCUT2D eigenvalue weighted by Gasteiger charge is -2.07. The van der Waals surface area contributed by atoms with E-state index in [0.29, 0.717) is 0 Å². The third-order valence-electron chi connectivity index (χ3n) is 2.25. The summed E-state index contributed by atoms with van der Waals surface area (Å²) in [6.07, 6.45) is 0. The molecule has 5 heteroatoms. The first kappa shape index (κ1) is 13.6. The second-order valence-electron chi connectivity index (χ2n) is 3.73. The molecule has 0 aromatic heterocycles. The summed E-state index contributed by atoms with van der Waals surface area (Å²) >= 11 is 1.08. The van der Waals surface area contributed by atoms with Crippen molar-refractivity contribution in [2.45, 2.75) is 13.8 Å². The number of carbonyl (C=O) groups is 2. The number of aliphatic carboxylic acids is 1. The molecule has 1 amide bonds. The smallest absolute Gasteiger partial charge is 0.313 e. The van der Waals surface area contributed by atoms with Crippen molar-refractivity contribution in [3.05, 3.63) is 29.3 Å². The quantitative estimate of drug-likeness (QED) is 0.843. The van der Waals surface area contributed by atoms with Gasteiger partial charge in [-0.3, -0.25) is 9.59 Å². The van der Waals surface area contributed by atoms with Gasteiger partial charge in [-0.1, -0.05) is 6.07 Å². The highest BCUT2D eigenvalue weighted by Gasteiger charge is 2.05. The fourth-order valence-electron chi connectivity index (χ4n) is 1.25. The maximum Gasteiger partial charge on any atom is 0.313 e. The van der Waals surface area contributed by atoms with Crippen molar-refractivity contribution in [1.29, 1.82) is 0 Å². The monoisotopic (exact) mass is 253 g/mol. The van der Waals surface area contributed by atoms with E-state index in [4.69, 9.17) is 5.11 Å². The number of rotatable bonds is 5. The molecule has 0 atom stereocenters. The number of carboxylic acids is 1. The predicted molar refractivity (Wildman–Crippen MR) is 69.5 cm³/mol. The van der Waals surface area contributed by atoms with Gasteiger partial charge in [-0.2, -0.15) is 0 Å². The molecule has 0 aliphatic rings. The molecular formula is C12H15NO3S. The number of hydrogen-bond donors (Lipinski definition) is 2. The van der Waals surface area contributed by atoms with E-state index < -0.39 is 5.97 Å². The van der Waals surface area contributed by atoms with Crippen molar-refractivity contribution in [3.8, 4) is 0 Å². The van der Waals surface area contributed by atoms with Crippen LogP contribution in [0.25, 0.3) is 0 Å². The van der Waals surface area contributed by atoms with E-state index in [9.17, 15) is 9.59 Å². The van der Waals surface area contributed by atoms with Gasteiger partial charge in [0.25, 0.3) is 0 Å². The summed E-state index contributed by atoms with van der Waals surface area (Å²) in [6.45, 7) is 3.98. The van der Waals surface area contributed by atoms with Gasteiger partial charge in [0.1, 0.15) is 0 Å². The fourth-order valence-corrected chi connectivity index (χ4v) is 1.78. The van der Waals surface area contributed by atoms with Crippen molar-refractivity contribution in [3.63, 3.8) is 0 Å². The van der Waals surface area contributed by atoms with Gasteiger partial charge in [-0.15, -0.1) is 11.8 Å². The number of carbonyl (C=O) groups excluding carboxylic acids is 1. The molecule has 1 rings (SSSR count). The van der Waals surface area contributed by atoms with Crippen molar-refractivity contribution in [2.75, 3.05) is 16.8 Å². The summed E-state index contributed by atoms with van der Waals surface area (Å²) in [7, 11) is 0. The van der Waals surface area contributed by atoms with Gasteiger partial charge in [-0.25, -0.2) is 0 Å². The van der Waals surface area contributed by atoms with E-state index in [2.05, 4.69) is 5.32 Å². The molecule has 0 saturated carbocycles. The maximum absolute atomic E-state index is 11.5. The first-order valence-electron chi connectivity index (χ1n) is 5.15. The highest BCUT2D eigenvalue weighted by Crippen LogP contribution is 2.14. The van der Waals surface area contributed by atoms with Crippen molar-refractivity contribution in [2.24, 2.45) is 0 Å². The van der Waals surface area contributed by atoms with Crippen molar-refractivity contribution >= 4 is 29.3 Å². The van der Waals surface area contributed by atoms with Crippen LogP contribution >= 0.6 is 11.8 Å². The summed E-state index contributed by atoms with van der Waals surface area (Å²) in [5.74, 6) is -0.993. The van der Waals surface area contributed by atoms with Crippen LogP contribution in [0.4, 0.5) is 5.69 Å². The standard InChI is InChI=1S/C12H15NO3S/c1-8-3-4-10(5-9(8)2)13-11(14)6-17-7-12(15)16/h3-5H,6-7H2,1-2H3,(H,13,14)(H,15,16). The lowest BCUT2D eigenvalue weighted by Crippen LogP contribution is -2.15. The van der Waals surface area contributed by atoms with Crippen LogP contribution in [0.5, 0.6) is 0 Å². The molecule has 0 heterocycles. The van der Waals surface area contributed by atoms with Crippen LogP contribution in [0.2, 0.25) is 0 Å². The number of benzene rings is 1. The zero-order valence-electron chi connectivity index (χ0n) is 9.82. The van der Waals surface area contributed by atoms with Gasteiger partial charge in [0.2, 0.25) is 5.91 Å². The van der Waals surface area contributed by atoms with Crippen LogP contribution < -0.4 is 5.32 Å². The first-order valence-corrected chi connectivity index (χ1v) is 6.31. The minimum Gasteiger partial charge on any atom is -0.481 e. The van der Waals surface area contributed by atoms with Gasteiger partial charge in [-0.05, 0) is 37.1 Å². The second kappa shape index (κ2) is 6.30. The van der Waals surface area contributed by atoms with Crippen LogP contribution in [-0.4, -0.2) is 28.5 Å². The Morgan fingerprint density at radius 3 is 2.53 bits per heavy atom. The van der Waals surface area contributed by atoms with E-state index in [1.165, 1.54) is 5.56 Å². The number of thioether (sulfide) groups is 1. The van der Waals surface area contributed by atoms with E-state index in [1.807, 2.05) is 32.0 Å². The molecule has 4 nitrogen and oxygen atoms in total. The molecule has 1 aromatic carbocycles. The number of carboxylic acid groups (broad SMARTS) is 1. The third-order valence-corrected chi connectivity index (χ3v) is 3.17. The molecular weight excluding hydrogens is 238 g/mol.